The van der Waals surface area contributed by atoms with Gasteiger partial charge in [-0.05, 0) is 56.6 Å². The number of allylic oxidation sites excluding steroid dienone is 1. The number of aliphatic carboxylic acids is 1. The van der Waals surface area contributed by atoms with Crippen LogP contribution in [-0.4, -0.2) is 40.8 Å². The Morgan fingerprint density at radius 2 is 2.06 bits per heavy atom. The van der Waals surface area contributed by atoms with Gasteiger partial charge < -0.3 is 10.4 Å². The highest BCUT2D eigenvalue weighted by atomic mass is 32.1. The number of nitrogens with one attached hydrogen (secondary N) is 3. The van der Waals surface area contributed by atoms with Crippen LogP contribution in [0.5, 0.6) is 0 Å². The van der Waals surface area contributed by atoms with E-state index in [2.05, 4.69) is 60.1 Å². The number of fused-ring (bicyclic) bond motifs is 1. The van der Waals surface area contributed by atoms with Crippen LogP contribution in [0.2, 0.25) is 0 Å². The molecule has 1 saturated carbocycles. The molecule has 4 rings (SSSR count). The van der Waals surface area contributed by atoms with Gasteiger partial charge in [-0.3, -0.25) is 20.4 Å². The summed E-state index contributed by atoms with van der Waals surface area (Å²) >= 11 is 1.71. The lowest BCUT2D eigenvalue weighted by Gasteiger charge is -2.30. The molecule has 4 N–H and O–H groups in total. The van der Waals surface area contributed by atoms with Crippen molar-refractivity contribution in [3.05, 3.63) is 52.0 Å². The molecule has 2 aromatic rings. The van der Waals surface area contributed by atoms with Gasteiger partial charge in [-0.25, -0.2) is 4.98 Å². The fourth-order valence-corrected chi connectivity index (χ4v) is 5.98. The van der Waals surface area contributed by atoms with Gasteiger partial charge in [-0.2, -0.15) is 0 Å². The number of anilines is 1. The lowest BCUT2D eigenvalue weighted by Crippen LogP contribution is -2.50. The van der Waals surface area contributed by atoms with Crippen LogP contribution in [0.25, 0.3) is 6.08 Å². The third-order valence-electron chi connectivity index (χ3n) is 7.12. The first-order chi connectivity index (χ1) is 17.5. The van der Waals surface area contributed by atoms with Gasteiger partial charge in [0.05, 0.1) is 23.2 Å². The van der Waals surface area contributed by atoms with Crippen molar-refractivity contribution in [3.8, 4) is 0 Å². The number of hydrogen-bond donors (Lipinski definition) is 4. The number of carboxylic acids is 1. The lowest BCUT2D eigenvalue weighted by molar-refractivity contribution is -0.143. The van der Waals surface area contributed by atoms with E-state index in [9.17, 15) is 9.90 Å². The van der Waals surface area contributed by atoms with Gasteiger partial charge in [-0.1, -0.05) is 67.5 Å². The van der Waals surface area contributed by atoms with Crippen LogP contribution in [0, 0.1) is 5.92 Å². The minimum Gasteiger partial charge on any atom is -0.481 e. The zero-order valence-electron chi connectivity index (χ0n) is 21.4. The van der Waals surface area contributed by atoms with Crippen molar-refractivity contribution in [2.75, 3.05) is 12.0 Å². The number of thiazole rings is 1. The van der Waals surface area contributed by atoms with E-state index in [1.54, 1.807) is 11.3 Å². The summed E-state index contributed by atoms with van der Waals surface area (Å²) in [5, 5.41) is 21.0. The second-order valence-electron chi connectivity index (χ2n) is 9.72. The molecule has 0 saturated heterocycles. The largest absolute Gasteiger partial charge is 0.481 e. The summed E-state index contributed by atoms with van der Waals surface area (Å²) in [6, 6.07) is 10.5. The molecule has 1 aromatic heterocycles. The normalized spacial score (nSPS) is 20.9. The predicted molar refractivity (Wildman–Crippen MR) is 149 cm³/mol. The summed E-state index contributed by atoms with van der Waals surface area (Å²) < 4.78 is 0. The number of nitrogens with zero attached hydrogens (tertiary/aromatic N) is 2. The highest BCUT2D eigenvalue weighted by molar-refractivity contribution is 7.16. The van der Waals surface area contributed by atoms with E-state index in [4.69, 9.17) is 9.98 Å². The van der Waals surface area contributed by atoms with Crippen molar-refractivity contribution in [1.29, 1.82) is 0 Å². The molecule has 0 spiro atoms. The smallest absolute Gasteiger partial charge is 0.306 e. The maximum atomic E-state index is 11.6. The molecule has 0 bridgehead atoms. The maximum Gasteiger partial charge on any atom is 0.306 e. The standard InChI is InChI=1S/C28H39N5O2S/c1-3-19-13-14-24-25(16-19)36-28(33-24)30-18-29-27(32-23-12-8-11-21(17-23)26(34)35)31-22(4-2)15-20-9-6-5-7-10-20/h5-7,9-10,16,21,23,27,29,32H,3-4,8,11-15,17-18H2,1-2H3,(H,30,33)(H,34,35). The van der Waals surface area contributed by atoms with Crippen molar-refractivity contribution in [1.82, 2.24) is 15.6 Å². The Bertz CT molecular complexity index is 1070. The fraction of sp³-hybridized carbons (Fsp3) is 0.536. The van der Waals surface area contributed by atoms with E-state index < -0.39 is 5.97 Å². The van der Waals surface area contributed by atoms with Crippen molar-refractivity contribution in [2.24, 2.45) is 10.9 Å². The molecule has 8 heteroatoms. The molecule has 1 aromatic carbocycles. The number of rotatable bonds is 12. The van der Waals surface area contributed by atoms with Gasteiger partial charge in [0.1, 0.15) is 0 Å². The third-order valence-corrected chi connectivity index (χ3v) is 8.13. The first-order valence-corrected chi connectivity index (χ1v) is 14.1. The van der Waals surface area contributed by atoms with E-state index in [0.29, 0.717) is 13.1 Å². The van der Waals surface area contributed by atoms with Crippen molar-refractivity contribution in [2.45, 2.75) is 84.0 Å². The van der Waals surface area contributed by atoms with Gasteiger partial charge in [0, 0.05) is 18.2 Å². The van der Waals surface area contributed by atoms with E-state index in [1.165, 1.54) is 21.7 Å². The molecular weight excluding hydrogens is 470 g/mol. The number of aryl methyl sites for hydroxylation is 1. The Labute approximate surface area is 218 Å². The lowest BCUT2D eigenvalue weighted by atomic mass is 9.86. The van der Waals surface area contributed by atoms with Crippen LogP contribution in [0.4, 0.5) is 5.13 Å². The molecule has 3 unspecified atom stereocenters. The summed E-state index contributed by atoms with van der Waals surface area (Å²) in [4.78, 5) is 22.7. The molecule has 36 heavy (non-hydrogen) atoms. The monoisotopic (exact) mass is 509 g/mol. The molecular formula is C28H39N5O2S. The molecule has 0 amide bonds. The molecule has 2 aliphatic rings. The number of aliphatic imine (C=N–C) groups is 1. The van der Waals surface area contributed by atoms with Crippen molar-refractivity contribution < 1.29 is 9.90 Å². The maximum absolute atomic E-state index is 11.6. The van der Waals surface area contributed by atoms with E-state index in [0.717, 1.165) is 62.2 Å². The van der Waals surface area contributed by atoms with Crippen LogP contribution in [0.1, 0.15) is 74.9 Å². The molecule has 7 nitrogen and oxygen atoms in total. The second-order valence-corrected chi connectivity index (χ2v) is 10.8. The van der Waals surface area contributed by atoms with Gasteiger partial charge in [-0.15, -0.1) is 0 Å². The predicted octanol–water partition coefficient (Wildman–Crippen LogP) is 5.45. The van der Waals surface area contributed by atoms with Crippen LogP contribution in [-0.2, 0) is 17.6 Å². The minimum absolute atomic E-state index is 0.126. The van der Waals surface area contributed by atoms with Gasteiger partial charge >= 0.3 is 5.97 Å². The summed E-state index contributed by atoms with van der Waals surface area (Å²) in [5.74, 6) is -0.973. The first kappa shape index (κ1) is 26.5. The molecule has 2 aliphatic carbocycles. The van der Waals surface area contributed by atoms with Gasteiger partial charge in [0.25, 0.3) is 0 Å². The highest BCUT2D eigenvalue weighted by Gasteiger charge is 2.28. The Hall–Kier alpha value is -2.55. The number of aromatic nitrogens is 1. The molecule has 1 heterocycles. The van der Waals surface area contributed by atoms with E-state index >= 15 is 0 Å². The highest BCUT2D eigenvalue weighted by Crippen LogP contribution is 2.32. The Morgan fingerprint density at radius 1 is 1.22 bits per heavy atom. The summed E-state index contributed by atoms with van der Waals surface area (Å²) in [6.07, 6.45) is 10.2. The topological polar surface area (TPSA) is 98.6 Å². The Kier molecular flexibility index (Phi) is 9.67. The first-order valence-electron chi connectivity index (χ1n) is 13.3. The Morgan fingerprint density at radius 3 is 2.81 bits per heavy atom. The molecule has 194 valence electrons. The van der Waals surface area contributed by atoms with Crippen molar-refractivity contribution in [3.63, 3.8) is 0 Å². The zero-order valence-corrected chi connectivity index (χ0v) is 22.2. The quantitative estimate of drug-likeness (QED) is 0.224. The van der Waals surface area contributed by atoms with E-state index in [-0.39, 0.29) is 18.2 Å². The Balaban J connectivity index is 1.42. The van der Waals surface area contributed by atoms with E-state index in [1.807, 2.05) is 6.07 Å². The zero-order chi connectivity index (χ0) is 25.3. The van der Waals surface area contributed by atoms with Gasteiger partial charge in [0.15, 0.2) is 11.4 Å². The summed E-state index contributed by atoms with van der Waals surface area (Å²) in [6.45, 7) is 4.87. The average molecular weight is 510 g/mol. The number of carbonyl (C=O) groups is 1. The average Bonchev–Trinajstić information content (AvgIpc) is 3.30. The van der Waals surface area contributed by atoms with Crippen LogP contribution >= 0.6 is 11.3 Å². The SMILES string of the molecule is CCC1=Cc2sc(NCNC(N=C(CC)Cc3ccccc3)NC3CCCC(C(=O)O)C3)nc2CC1. The number of benzene rings is 1. The summed E-state index contributed by atoms with van der Waals surface area (Å²) in [7, 11) is 0. The molecule has 1 fully saturated rings. The second kappa shape index (κ2) is 13.1. The van der Waals surface area contributed by atoms with Crippen LogP contribution in [0.15, 0.2) is 40.9 Å². The third kappa shape index (κ3) is 7.48. The minimum atomic E-state index is -0.692. The summed E-state index contributed by atoms with van der Waals surface area (Å²) in [5.41, 5.74) is 5.03. The molecule has 0 aliphatic heterocycles. The number of carboxylic acid groups (broad SMARTS) is 1. The van der Waals surface area contributed by atoms with Crippen LogP contribution in [0.3, 0.4) is 0 Å². The molecule has 0 radical (unpaired) electrons. The number of hydrogen-bond acceptors (Lipinski definition) is 7. The molecule has 3 atom stereocenters. The van der Waals surface area contributed by atoms with Crippen molar-refractivity contribution >= 4 is 34.2 Å². The fourth-order valence-electron chi connectivity index (χ4n) is 4.98. The van der Waals surface area contributed by atoms with Gasteiger partial charge in [0.2, 0.25) is 0 Å². The van der Waals surface area contributed by atoms with Crippen LogP contribution < -0.4 is 16.0 Å².